The number of thiophene rings is 1. The lowest BCUT2D eigenvalue weighted by molar-refractivity contribution is -0.111. The van der Waals surface area contributed by atoms with Crippen molar-refractivity contribution in [2.24, 2.45) is 0 Å². The number of methoxy groups -OCH3 is 1. The second kappa shape index (κ2) is 13.3. The number of ether oxygens (including phenoxy) is 3. The van der Waals surface area contributed by atoms with Gasteiger partial charge < -0.3 is 19.5 Å². The van der Waals surface area contributed by atoms with Crippen LogP contribution in [-0.4, -0.2) is 25.6 Å². The average Bonchev–Trinajstić information content (AvgIpc) is 3.35. The lowest BCUT2D eigenvalue weighted by Gasteiger charge is -2.11. The number of amides is 1. The number of halogens is 2. The maximum absolute atomic E-state index is 12.8. The molecule has 1 amide bonds. The molecule has 0 bridgehead atoms. The lowest BCUT2D eigenvalue weighted by Crippen LogP contribution is -2.12. The molecule has 0 saturated heterocycles. The van der Waals surface area contributed by atoms with E-state index in [4.69, 9.17) is 37.4 Å². The molecular formula is C30H25Cl2NO5S. The van der Waals surface area contributed by atoms with Gasteiger partial charge in [0.15, 0.2) is 11.5 Å². The highest BCUT2D eigenvalue weighted by atomic mass is 35.5. The average molecular weight is 583 g/mol. The number of anilines is 1. The summed E-state index contributed by atoms with van der Waals surface area (Å²) in [6, 6.07) is 19.9. The standard InChI is InChI=1S/C30H25Cl2NO5S/c1-3-37-30(35)28-24(21-8-12-23(32)13-9-21)18-39-29(28)33-27(34)15-7-19-6-14-25(26(16-19)36-2)38-17-20-4-10-22(31)11-5-20/h4-16,18H,3,17H2,1-2H3,(H,33,34). The molecular weight excluding hydrogens is 557 g/mol. The number of esters is 1. The summed E-state index contributed by atoms with van der Waals surface area (Å²) in [5.74, 6) is 0.192. The summed E-state index contributed by atoms with van der Waals surface area (Å²) in [6.07, 6.45) is 3.04. The third-order valence-electron chi connectivity index (χ3n) is 5.58. The molecule has 1 heterocycles. The monoisotopic (exact) mass is 581 g/mol. The zero-order valence-corrected chi connectivity index (χ0v) is 23.5. The largest absolute Gasteiger partial charge is 0.493 e. The molecule has 200 valence electrons. The number of nitrogens with one attached hydrogen (secondary N) is 1. The number of carbonyl (C=O) groups excluding carboxylic acids is 2. The van der Waals surface area contributed by atoms with Crippen LogP contribution in [0.25, 0.3) is 17.2 Å². The fraction of sp³-hybridized carbons (Fsp3) is 0.133. The van der Waals surface area contributed by atoms with Gasteiger partial charge in [0.25, 0.3) is 0 Å². The van der Waals surface area contributed by atoms with Gasteiger partial charge >= 0.3 is 5.97 Å². The van der Waals surface area contributed by atoms with Gasteiger partial charge in [-0.2, -0.15) is 0 Å². The zero-order valence-electron chi connectivity index (χ0n) is 21.2. The van der Waals surface area contributed by atoms with Gasteiger partial charge in [-0.05, 0) is 66.1 Å². The zero-order chi connectivity index (χ0) is 27.8. The number of hydrogen-bond donors (Lipinski definition) is 1. The van der Waals surface area contributed by atoms with Gasteiger partial charge in [0.05, 0.1) is 13.7 Å². The minimum Gasteiger partial charge on any atom is -0.493 e. The summed E-state index contributed by atoms with van der Waals surface area (Å²) >= 11 is 13.2. The Labute approximate surface area is 240 Å². The van der Waals surface area contributed by atoms with Gasteiger partial charge in [-0.15, -0.1) is 11.3 Å². The van der Waals surface area contributed by atoms with Crippen molar-refractivity contribution in [2.75, 3.05) is 19.0 Å². The van der Waals surface area contributed by atoms with Gasteiger partial charge in [0, 0.05) is 27.1 Å². The molecule has 0 aliphatic rings. The van der Waals surface area contributed by atoms with Gasteiger partial charge in [-0.1, -0.05) is 53.5 Å². The summed E-state index contributed by atoms with van der Waals surface area (Å²) in [5, 5.41) is 6.26. The fourth-order valence-corrected chi connectivity index (χ4v) is 4.88. The highest BCUT2D eigenvalue weighted by Crippen LogP contribution is 2.37. The Balaban J connectivity index is 1.47. The number of rotatable bonds is 10. The summed E-state index contributed by atoms with van der Waals surface area (Å²) < 4.78 is 16.6. The Morgan fingerprint density at radius 1 is 0.949 bits per heavy atom. The molecule has 0 saturated carbocycles. The van der Waals surface area contributed by atoms with Crippen LogP contribution in [0.15, 0.2) is 78.2 Å². The molecule has 9 heteroatoms. The van der Waals surface area contributed by atoms with Crippen LogP contribution in [0.4, 0.5) is 5.00 Å². The molecule has 1 N–H and O–H groups in total. The molecule has 0 spiro atoms. The van der Waals surface area contributed by atoms with E-state index in [2.05, 4.69) is 5.32 Å². The van der Waals surface area contributed by atoms with E-state index in [1.54, 1.807) is 56.5 Å². The molecule has 1 aromatic heterocycles. The minimum absolute atomic E-state index is 0.212. The SMILES string of the molecule is CCOC(=O)c1c(-c2ccc(Cl)cc2)csc1NC(=O)C=Cc1ccc(OCc2ccc(Cl)cc2)c(OC)c1. The first-order valence-electron chi connectivity index (χ1n) is 12.0. The van der Waals surface area contributed by atoms with Crippen molar-refractivity contribution < 1.29 is 23.8 Å². The molecule has 0 atom stereocenters. The normalized spacial score (nSPS) is 10.9. The molecule has 3 aromatic carbocycles. The Bertz CT molecular complexity index is 1480. The molecule has 0 aliphatic carbocycles. The van der Waals surface area contributed by atoms with Crippen LogP contribution in [0.2, 0.25) is 10.0 Å². The van der Waals surface area contributed by atoms with Crippen molar-refractivity contribution in [1.29, 1.82) is 0 Å². The van der Waals surface area contributed by atoms with Crippen LogP contribution in [0.1, 0.15) is 28.4 Å². The van der Waals surface area contributed by atoms with Crippen LogP contribution in [-0.2, 0) is 16.1 Å². The summed E-state index contributed by atoms with van der Waals surface area (Å²) in [5.41, 5.74) is 3.46. The Hall–Kier alpha value is -3.78. The maximum atomic E-state index is 12.8. The van der Waals surface area contributed by atoms with Crippen LogP contribution < -0.4 is 14.8 Å². The fourth-order valence-electron chi connectivity index (χ4n) is 3.67. The molecule has 6 nitrogen and oxygen atoms in total. The molecule has 0 fully saturated rings. The number of benzene rings is 3. The van der Waals surface area contributed by atoms with Gasteiger partial charge in [-0.3, -0.25) is 4.79 Å². The third kappa shape index (κ3) is 7.41. The number of carbonyl (C=O) groups is 2. The van der Waals surface area contributed by atoms with E-state index in [-0.39, 0.29) is 6.61 Å². The van der Waals surface area contributed by atoms with E-state index < -0.39 is 11.9 Å². The van der Waals surface area contributed by atoms with Crippen molar-refractivity contribution in [3.05, 3.63) is 105 Å². The lowest BCUT2D eigenvalue weighted by atomic mass is 10.0. The van der Waals surface area contributed by atoms with Crippen LogP contribution in [0.3, 0.4) is 0 Å². The van der Waals surface area contributed by atoms with Crippen molar-refractivity contribution >= 4 is 57.5 Å². The topological polar surface area (TPSA) is 73.9 Å². The Kier molecular flexibility index (Phi) is 9.65. The van der Waals surface area contributed by atoms with Crippen molar-refractivity contribution in [2.45, 2.75) is 13.5 Å². The minimum atomic E-state index is -0.512. The molecule has 39 heavy (non-hydrogen) atoms. The quantitative estimate of drug-likeness (QED) is 0.151. The first-order valence-corrected chi connectivity index (χ1v) is 13.6. The van der Waals surface area contributed by atoms with E-state index in [9.17, 15) is 9.59 Å². The molecule has 0 radical (unpaired) electrons. The molecule has 4 rings (SSSR count). The van der Waals surface area contributed by atoms with Gasteiger partial charge in [0.2, 0.25) is 5.91 Å². The van der Waals surface area contributed by atoms with Crippen LogP contribution in [0.5, 0.6) is 11.5 Å². The summed E-state index contributed by atoms with van der Waals surface area (Å²) in [6.45, 7) is 2.30. The van der Waals surface area contributed by atoms with Crippen LogP contribution in [0, 0.1) is 0 Å². The van der Waals surface area contributed by atoms with Gasteiger partial charge in [0.1, 0.15) is 17.2 Å². The van der Waals surface area contributed by atoms with E-state index in [0.29, 0.717) is 44.3 Å². The van der Waals surface area contributed by atoms with E-state index >= 15 is 0 Å². The second-order valence-electron chi connectivity index (χ2n) is 8.23. The second-order valence-corrected chi connectivity index (χ2v) is 9.98. The Morgan fingerprint density at radius 3 is 2.31 bits per heavy atom. The van der Waals surface area contributed by atoms with Crippen molar-refractivity contribution in [3.63, 3.8) is 0 Å². The molecule has 4 aromatic rings. The Morgan fingerprint density at radius 2 is 1.64 bits per heavy atom. The van der Waals surface area contributed by atoms with E-state index in [1.807, 2.05) is 35.7 Å². The van der Waals surface area contributed by atoms with E-state index in [1.165, 1.54) is 17.4 Å². The third-order valence-corrected chi connectivity index (χ3v) is 6.98. The predicted octanol–water partition coefficient (Wildman–Crippen LogP) is 8.14. The van der Waals surface area contributed by atoms with Crippen LogP contribution >= 0.6 is 34.5 Å². The van der Waals surface area contributed by atoms with Crippen molar-refractivity contribution in [1.82, 2.24) is 0 Å². The first kappa shape index (κ1) is 28.2. The van der Waals surface area contributed by atoms with E-state index in [0.717, 1.165) is 16.7 Å². The molecule has 0 aliphatic heterocycles. The molecule has 0 unspecified atom stereocenters. The number of hydrogen-bond acceptors (Lipinski definition) is 6. The predicted molar refractivity (Wildman–Crippen MR) is 157 cm³/mol. The highest BCUT2D eigenvalue weighted by Gasteiger charge is 2.22. The maximum Gasteiger partial charge on any atom is 0.341 e. The first-order chi connectivity index (χ1) is 18.9. The summed E-state index contributed by atoms with van der Waals surface area (Å²) in [7, 11) is 1.55. The van der Waals surface area contributed by atoms with Gasteiger partial charge in [-0.25, -0.2) is 4.79 Å². The smallest absolute Gasteiger partial charge is 0.341 e. The van der Waals surface area contributed by atoms with Crippen molar-refractivity contribution in [3.8, 4) is 22.6 Å². The highest BCUT2D eigenvalue weighted by molar-refractivity contribution is 7.15. The summed E-state index contributed by atoms with van der Waals surface area (Å²) in [4.78, 5) is 25.6.